The molecule has 0 aromatic heterocycles. The monoisotopic (exact) mass is 350 g/mol. The summed E-state index contributed by atoms with van der Waals surface area (Å²) in [4.78, 5) is 24.2. The van der Waals surface area contributed by atoms with Crippen molar-refractivity contribution in [3.63, 3.8) is 0 Å². The Morgan fingerprint density at radius 1 is 1.04 bits per heavy atom. The molecule has 0 radical (unpaired) electrons. The molecule has 0 fully saturated rings. The van der Waals surface area contributed by atoms with Gasteiger partial charge in [-0.05, 0) is 42.8 Å². The van der Waals surface area contributed by atoms with E-state index in [4.69, 9.17) is 23.2 Å². The topological polar surface area (TPSA) is 58.2 Å². The van der Waals surface area contributed by atoms with Crippen LogP contribution < -0.4 is 10.6 Å². The molecule has 0 bridgehead atoms. The Labute approximate surface area is 144 Å². The fraction of sp³-hybridized carbons (Fsp3) is 0.176. The molecule has 120 valence electrons. The van der Waals surface area contributed by atoms with E-state index in [-0.39, 0.29) is 17.4 Å². The van der Waals surface area contributed by atoms with Gasteiger partial charge in [0.05, 0.1) is 10.6 Å². The number of hydrogen-bond donors (Lipinski definition) is 2. The molecule has 2 aromatic carbocycles. The highest BCUT2D eigenvalue weighted by Crippen LogP contribution is 2.22. The third-order valence-corrected chi connectivity index (χ3v) is 3.66. The van der Waals surface area contributed by atoms with Gasteiger partial charge in [0.2, 0.25) is 0 Å². The first-order chi connectivity index (χ1) is 11.0. The van der Waals surface area contributed by atoms with Crippen LogP contribution >= 0.6 is 23.2 Å². The van der Waals surface area contributed by atoms with Gasteiger partial charge in [-0.15, -0.1) is 0 Å². The summed E-state index contributed by atoms with van der Waals surface area (Å²) in [6.45, 7) is 2.58. The highest BCUT2D eigenvalue weighted by Gasteiger charge is 2.12. The Morgan fingerprint density at radius 2 is 1.83 bits per heavy atom. The van der Waals surface area contributed by atoms with Crippen molar-refractivity contribution in [2.24, 2.45) is 0 Å². The second-order valence-corrected chi connectivity index (χ2v) is 5.76. The maximum Gasteiger partial charge on any atom is 0.257 e. The van der Waals surface area contributed by atoms with Crippen molar-refractivity contribution >= 4 is 40.7 Å². The molecule has 6 heteroatoms. The van der Waals surface area contributed by atoms with Gasteiger partial charge >= 0.3 is 0 Å². The van der Waals surface area contributed by atoms with E-state index in [2.05, 4.69) is 10.6 Å². The van der Waals surface area contributed by atoms with Gasteiger partial charge in [-0.2, -0.15) is 0 Å². The van der Waals surface area contributed by atoms with Crippen molar-refractivity contribution in [2.45, 2.75) is 13.3 Å². The van der Waals surface area contributed by atoms with E-state index >= 15 is 0 Å². The average Bonchev–Trinajstić information content (AvgIpc) is 2.55. The van der Waals surface area contributed by atoms with Crippen LogP contribution in [-0.2, 0) is 0 Å². The van der Waals surface area contributed by atoms with E-state index < -0.39 is 0 Å². The van der Waals surface area contributed by atoms with Crippen LogP contribution in [0.3, 0.4) is 0 Å². The van der Waals surface area contributed by atoms with Gasteiger partial charge in [0.25, 0.3) is 11.8 Å². The van der Waals surface area contributed by atoms with E-state index in [0.717, 1.165) is 6.42 Å². The summed E-state index contributed by atoms with van der Waals surface area (Å²) in [5.41, 5.74) is 1.27. The van der Waals surface area contributed by atoms with Crippen molar-refractivity contribution in [1.29, 1.82) is 0 Å². The van der Waals surface area contributed by atoms with Crippen molar-refractivity contribution in [3.05, 3.63) is 63.6 Å². The molecule has 0 heterocycles. The number of carbonyl (C=O) groups is 2. The molecule has 0 aliphatic carbocycles. The molecule has 2 aromatic rings. The van der Waals surface area contributed by atoms with E-state index in [0.29, 0.717) is 27.8 Å². The normalized spacial score (nSPS) is 10.2. The highest BCUT2D eigenvalue weighted by molar-refractivity contribution is 6.36. The van der Waals surface area contributed by atoms with Crippen molar-refractivity contribution < 1.29 is 9.59 Å². The van der Waals surface area contributed by atoms with Crippen LogP contribution in [0.4, 0.5) is 5.69 Å². The van der Waals surface area contributed by atoms with Crippen LogP contribution in [0.15, 0.2) is 42.5 Å². The lowest BCUT2D eigenvalue weighted by molar-refractivity contribution is 0.0952. The SMILES string of the molecule is CCCNC(=O)c1cccc(NC(=O)c2cc(Cl)ccc2Cl)c1. The Hall–Kier alpha value is -2.04. The largest absolute Gasteiger partial charge is 0.352 e. The summed E-state index contributed by atoms with van der Waals surface area (Å²) < 4.78 is 0. The van der Waals surface area contributed by atoms with Gasteiger partial charge in [-0.25, -0.2) is 0 Å². The van der Waals surface area contributed by atoms with Gasteiger partial charge in [0.1, 0.15) is 0 Å². The summed E-state index contributed by atoms with van der Waals surface area (Å²) in [5, 5.41) is 6.24. The molecule has 0 spiro atoms. The molecule has 2 N–H and O–H groups in total. The molecule has 0 atom stereocenters. The molecular weight excluding hydrogens is 335 g/mol. The lowest BCUT2D eigenvalue weighted by Gasteiger charge is -2.09. The first kappa shape index (κ1) is 17.3. The molecule has 0 saturated heterocycles. The Morgan fingerprint density at radius 3 is 2.57 bits per heavy atom. The highest BCUT2D eigenvalue weighted by atomic mass is 35.5. The Bertz CT molecular complexity index is 732. The number of hydrogen-bond acceptors (Lipinski definition) is 2. The summed E-state index contributed by atoms with van der Waals surface area (Å²) in [6, 6.07) is 11.4. The minimum atomic E-state index is -0.386. The number of amides is 2. The minimum absolute atomic E-state index is 0.177. The summed E-state index contributed by atoms with van der Waals surface area (Å²) in [6.07, 6.45) is 0.857. The van der Waals surface area contributed by atoms with Gasteiger partial charge in [0, 0.05) is 22.8 Å². The first-order valence-corrected chi connectivity index (χ1v) is 7.91. The number of halogens is 2. The number of rotatable bonds is 5. The van der Waals surface area contributed by atoms with E-state index in [1.165, 1.54) is 6.07 Å². The van der Waals surface area contributed by atoms with E-state index in [1.54, 1.807) is 36.4 Å². The van der Waals surface area contributed by atoms with Crippen LogP contribution in [0.5, 0.6) is 0 Å². The van der Waals surface area contributed by atoms with Crippen LogP contribution in [0.2, 0.25) is 10.0 Å². The fourth-order valence-corrected chi connectivity index (χ4v) is 2.32. The first-order valence-electron chi connectivity index (χ1n) is 7.16. The van der Waals surface area contributed by atoms with Crippen LogP contribution in [0, 0.1) is 0 Å². The maximum absolute atomic E-state index is 12.3. The smallest absolute Gasteiger partial charge is 0.257 e. The summed E-state index contributed by atoms with van der Waals surface area (Å²) >= 11 is 11.9. The number of benzene rings is 2. The lowest BCUT2D eigenvalue weighted by Crippen LogP contribution is -2.24. The third kappa shape index (κ3) is 4.71. The second kappa shape index (κ2) is 7.99. The molecule has 23 heavy (non-hydrogen) atoms. The number of nitrogens with one attached hydrogen (secondary N) is 2. The molecule has 0 aliphatic rings. The molecular formula is C17H16Cl2N2O2. The number of anilines is 1. The van der Waals surface area contributed by atoms with Crippen molar-refractivity contribution in [1.82, 2.24) is 5.32 Å². The predicted molar refractivity (Wildman–Crippen MR) is 93.5 cm³/mol. The second-order valence-electron chi connectivity index (χ2n) is 4.91. The molecule has 0 saturated carbocycles. The molecule has 4 nitrogen and oxygen atoms in total. The zero-order chi connectivity index (χ0) is 16.8. The van der Waals surface area contributed by atoms with Crippen LogP contribution in [-0.4, -0.2) is 18.4 Å². The van der Waals surface area contributed by atoms with Crippen LogP contribution in [0.1, 0.15) is 34.1 Å². The summed E-state index contributed by atoms with van der Waals surface area (Å²) in [7, 11) is 0. The Balaban J connectivity index is 2.15. The lowest BCUT2D eigenvalue weighted by atomic mass is 10.1. The van der Waals surface area contributed by atoms with Crippen molar-refractivity contribution in [2.75, 3.05) is 11.9 Å². The Kier molecular flexibility index (Phi) is 6.02. The molecule has 2 amide bonds. The van der Waals surface area contributed by atoms with Gasteiger partial charge in [-0.1, -0.05) is 36.2 Å². The zero-order valence-corrected chi connectivity index (χ0v) is 14.0. The van der Waals surface area contributed by atoms with Crippen LogP contribution in [0.25, 0.3) is 0 Å². The summed E-state index contributed by atoms with van der Waals surface area (Å²) in [5.74, 6) is -0.563. The van der Waals surface area contributed by atoms with Gasteiger partial charge in [0.15, 0.2) is 0 Å². The zero-order valence-electron chi connectivity index (χ0n) is 12.5. The third-order valence-electron chi connectivity index (χ3n) is 3.09. The standard InChI is InChI=1S/C17H16Cl2N2O2/c1-2-8-20-16(22)11-4-3-5-13(9-11)21-17(23)14-10-12(18)6-7-15(14)19/h3-7,9-10H,2,8H2,1H3,(H,20,22)(H,21,23). The van der Waals surface area contributed by atoms with Crippen molar-refractivity contribution in [3.8, 4) is 0 Å². The number of carbonyl (C=O) groups excluding carboxylic acids is 2. The predicted octanol–water partition coefficient (Wildman–Crippen LogP) is 4.39. The van der Waals surface area contributed by atoms with Gasteiger partial charge in [-0.3, -0.25) is 9.59 Å². The van der Waals surface area contributed by atoms with Gasteiger partial charge < -0.3 is 10.6 Å². The molecule has 0 unspecified atom stereocenters. The average molecular weight is 351 g/mol. The van der Waals surface area contributed by atoms with E-state index in [1.807, 2.05) is 6.92 Å². The molecule has 0 aliphatic heterocycles. The maximum atomic E-state index is 12.3. The molecule has 2 rings (SSSR count). The van der Waals surface area contributed by atoms with E-state index in [9.17, 15) is 9.59 Å². The minimum Gasteiger partial charge on any atom is -0.352 e. The fourth-order valence-electron chi connectivity index (χ4n) is 1.95. The quantitative estimate of drug-likeness (QED) is 0.840.